The first kappa shape index (κ1) is 19.9. The molecular weight excluding hydrogens is 376 g/mol. The van der Waals surface area contributed by atoms with Crippen molar-refractivity contribution in [3.63, 3.8) is 0 Å². The number of Topliss-reactive ketones (excluding diaryl/α,β-unsaturated/α-hetero) is 1. The van der Waals surface area contributed by atoms with Gasteiger partial charge in [0.05, 0.1) is 19.5 Å². The summed E-state index contributed by atoms with van der Waals surface area (Å²) in [5, 5.41) is 8.13. The fourth-order valence-corrected chi connectivity index (χ4v) is 3.41. The van der Waals surface area contributed by atoms with Crippen molar-refractivity contribution in [3.8, 4) is 23.0 Å². The molecule has 0 unspecified atom stereocenters. The zero-order chi connectivity index (χ0) is 20.1. The molecule has 0 aliphatic heterocycles. The van der Waals surface area contributed by atoms with Gasteiger partial charge in [-0.1, -0.05) is 43.0 Å². The van der Waals surface area contributed by atoms with Gasteiger partial charge >= 0.3 is 0 Å². The maximum absolute atomic E-state index is 12.6. The third-order valence-electron chi connectivity index (χ3n) is 4.30. The second-order valence-electron chi connectivity index (χ2n) is 6.15. The van der Waals surface area contributed by atoms with Crippen molar-refractivity contribution in [1.29, 1.82) is 0 Å². The standard InChI is InChI=1S/C21H22N2O4S/c1-5-14-6-8-15(9-7-14)19(24)13(2)28-21-23-22-20(27-21)16-10-17(25-3)12-18(11-16)26-4/h6-13H,5H2,1-4H3/t13-/m1/s1. The maximum atomic E-state index is 12.6. The van der Waals surface area contributed by atoms with Crippen molar-refractivity contribution >= 4 is 17.5 Å². The van der Waals surface area contributed by atoms with Gasteiger partial charge < -0.3 is 13.9 Å². The van der Waals surface area contributed by atoms with Crippen molar-refractivity contribution < 1.29 is 18.7 Å². The minimum atomic E-state index is -0.347. The predicted octanol–water partition coefficient (Wildman–Crippen LogP) is 4.68. The van der Waals surface area contributed by atoms with Crippen LogP contribution in [0.2, 0.25) is 0 Å². The first-order chi connectivity index (χ1) is 13.5. The summed E-state index contributed by atoms with van der Waals surface area (Å²) in [6, 6.07) is 13.0. The number of ether oxygens (including phenoxy) is 2. The summed E-state index contributed by atoms with van der Waals surface area (Å²) >= 11 is 1.24. The molecule has 146 valence electrons. The van der Waals surface area contributed by atoms with E-state index in [2.05, 4.69) is 17.1 Å². The van der Waals surface area contributed by atoms with Crippen LogP contribution in [0, 0.1) is 0 Å². The van der Waals surface area contributed by atoms with Gasteiger partial charge in [0.15, 0.2) is 5.78 Å². The molecule has 0 aliphatic rings. The van der Waals surface area contributed by atoms with Crippen LogP contribution in [-0.4, -0.2) is 35.5 Å². The van der Waals surface area contributed by atoms with Crippen LogP contribution in [0.15, 0.2) is 52.1 Å². The molecule has 0 fully saturated rings. The SMILES string of the molecule is CCc1ccc(C(=O)[C@@H](C)Sc2nnc(-c3cc(OC)cc(OC)c3)o2)cc1. The lowest BCUT2D eigenvalue weighted by molar-refractivity contribution is 0.0993. The van der Waals surface area contributed by atoms with Gasteiger partial charge in [-0.05, 0) is 31.0 Å². The molecule has 0 N–H and O–H groups in total. The molecule has 3 aromatic rings. The average molecular weight is 398 g/mol. The van der Waals surface area contributed by atoms with E-state index in [4.69, 9.17) is 13.9 Å². The number of rotatable bonds is 8. The summed E-state index contributed by atoms with van der Waals surface area (Å²) < 4.78 is 16.3. The van der Waals surface area contributed by atoms with Crippen molar-refractivity contribution in [1.82, 2.24) is 10.2 Å². The third-order valence-corrected chi connectivity index (χ3v) is 5.23. The van der Waals surface area contributed by atoms with E-state index in [1.807, 2.05) is 31.2 Å². The lowest BCUT2D eigenvalue weighted by atomic mass is 10.1. The number of ketones is 1. The van der Waals surface area contributed by atoms with E-state index in [1.54, 1.807) is 32.4 Å². The molecule has 6 nitrogen and oxygen atoms in total. The molecule has 0 spiro atoms. The number of nitrogens with zero attached hydrogens (tertiary/aromatic N) is 2. The van der Waals surface area contributed by atoms with Crippen LogP contribution >= 0.6 is 11.8 Å². The largest absolute Gasteiger partial charge is 0.497 e. The Labute approximate surface area is 168 Å². The topological polar surface area (TPSA) is 74.5 Å². The van der Waals surface area contributed by atoms with Gasteiger partial charge in [0.25, 0.3) is 5.22 Å². The Morgan fingerprint density at radius 3 is 2.29 bits per heavy atom. The van der Waals surface area contributed by atoms with Crippen molar-refractivity contribution in [3.05, 3.63) is 53.6 Å². The Morgan fingerprint density at radius 1 is 1.07 bits per heavy atom. The number of methoxy groups -OCH3 is 2. The van der Waals surface area contributed by atoms with E-state index in [0.717, 1.165) is 6.42 Å². The molecule has 0 saturated carbocycles. The molecule has 1 heterocycles. The number of aromatic nitrogens is 2. The van der Waals surface area contributed by atoms with Gasteiger partial charge in [-0.2, -0.15) is 0 Å². The highest BCUT2D eigenvalue weighted by atomic mass is 32.2. The van der Waals surface area contributed by atoms with Crippen LogP contribution in [0.3, 0.4) is 0 Å². The lowest BCUT2D eigenvalue weighted by Crippen LogP contribution is -2.13. The number of carbonyl (C=O) groups is 1. The maximum Gasteiger partial charge on any atom is 0.277 e. The first-order valence-electron chi connectivity index (χ1n) is 8.90. The third kappa shape index (κ3) is 4.54. The molecule has 0 amide bonds. The summed E-state index contributed by atoms with van der Waals surface area (Å²) in [5.74, 6) is 1.61. The zero-order valence-corrected chi connectivity index (χ0v) is 17.1. The Hall–Kier alpha value is -2.80. The van der Waals surface area contributed by atoms with Gasteiger partial charge in [0.1, 0.15) is 11.5 Å². The molecule has 0 radical (unpaired) electrons. The predicted molar refractivity (Wildman–Crippen MR) is 108 cm³/mol. The molecule has 28 heavy (non-hydrogen) atoms. The highest BCUT2D eigenvalue weighted by Gasteiger charge is 2.20. The van der Waals surface area contributed by atoms with Crippen molar-refractivity contribution in [2.24, 2.45) is 0 Å². The molecule has 1 atom stereocenters. The minimum absolute atomic E-state index is 0.0236. The molecule has 7 heteroatoms. The summed E-state index contributed by atoms with van der Waals surface area (Å²) in [7, 11) is 3.15. The summed E-state index contributed by atoms with van der Waals surface area (Å²) in [4.78, 5) is 12.6. The van der Waals surface area contributed by atoms with E-state index in [1.165, 1.54) is 17.3 Å². The Kier molecular flexibility index (Phi) is 6.36. The monoisotopic (exact) mass is 398 g/mol. The van der Waals surface area contributed by atoms with Crippen LogP contribution in [0.4, 0.5) is 0 Å². The molecule has 0 aliphatic carbocycles. The van der Waals surface area contributed by atoms with Crippen molar-refractivity contribution in [2.75, 3.05) is 14.2 Å². The van der Waals surface area contributed by atoms with E-state index >= 15 is 0 Å². The minimum Gasteiger partial charge on any atom is -0.497 e. The lowest BCUT2D eigenvalue weighted by Gasteiger charge is -2.08. The van der Waals surface area contributed by atoms with Gasteiger partial charge in [0.2, 0.25) is 5.89 Å². The van der Waals surface area contributed by atoms with Crippen LogP contribution in [0.1, 0.15) is 29.8 Å². The fourth-order valence-electron chi connectivity index (χ4n) is 2.65. The van der Waals surface area contributed by atoms with Crippen LogP contribution in [-0.2, 0) is 6.42 Å². The average Bonchev–Trinajstić information content (AvgIpc) is 3.21. The van der Waals surface area contributed by atoms with Crippen LogP contribution < -0.4 is 9.47 Å². The Balaban J connectivity index is 1.74. The number of aryl methyl sites for hydroxylation is 1. The number of hydrogen-bond acceptors (Lipinski definition) is 7. The first-order valence-corrected chi connectivity index (χ1v) is 9.78. The summed E-state index contributed by atoms with van der Waals surface area (Å²) in [6.45, 7) is 3.92. The normalized spacial score (nSPS) is 11.9. The van der Waals surface area contributed by atoms with E-state index in [9.17, 15) is 4.79 Å². The number of thioether (sulfide) groups is 1. The smallest absolute Gasteiger partial charge is 0.277 e. The van der Waals surface area contributed by atoms with Gasteiger partial charge in [0, 0.05) is 17.2 Å². The number of carbonyl (C=O) groups excluding carboxylic acids is 1. The number of hydrogen-bond donors (Lipinski definition) is 0. The van der Waals surface area contributed by atoms with Gasteiger partial charge in [-0.3, -0.25) is 4.79 Å². The molecule has 1 aromatic heterocycles. The fraction of sp³-hybridized carbons (Fsp3) is 0.286. The Bertz CT molecular complexity index is 931. The van der Waals surface area contributed by atoms with E-state index in [0.29, 0.717) is 33.7 Å². The van der Waals surface area contributed by atoms with Crippen LogP contribution in [0.5, 0.6) is 11.5 Å². The molecule has 2 aromatic carbocycles. The summed E-state index contributed by atoms with van der Waals surface area (Å²) in [5.41, 5.74) is 2.56. The molecule has 3 rings (SSSR count). The summed E-state index contributed by atoms with van der Waals surface area (Å²) in [6.07, 6.45) is 0.943. The highest BCUT2D eigenvalue weighted by Crippen LogP contribution is 2.32. The van der Waals surface area contributed by atoms with Crippen molar-refractivity contribution in [2.45, 2.75) is 30.7 Å². The second-order valence-corrected chi connectivity index (χ2v) is 7.44. The Morgan fingerprint density at radius 2 is 1.71 bits per heavy atom. The second kappa shape index (κ2) is 8.93. The van der Waals surface area contributed by atoms with Crippen LogP contribution in [0.25, 0.3) is 11.5 Å². The van der Waals surface area contributed by atoms with E-state index < -0.39 is 0 Å². The zero-order valence-electron chi connectivity index (χ0n) is 16.3. The molecular formula is C21H22N2O4S. The molecule has 0 bridgehead atoms. The van der Waals surface area contributed by atoms with E-state index in [-0.39, 0.29) is 11.0 Å². The van der Waals surface area contributed by atoms with Gasteiger partial charge in [-0.25, -0.2) is 0 Å². The van der Waals surface area contributed by atoms with Gasteiger partial charge in [-0.15, -0.1) is 10.2 Å². The highest BCUT2D eigenvalue weighted by molar-refractivity contribution is 8.00. The number of benzene rings is 2. The molecule has 0 saturated heterocycles. The quantitative estimate of drug-likeness (QED) is 0.403.